The summed E-state index contributed by atoms with van der Waals surface area (Å²) in [5.74, 6) is 5.01. The van der Waals surface area contributed by atoms with Gasteiger partial charge in [-0.3, -0.25) is 0 Å². The molecule has 1 aromatic rings. The van der Waals surface area contributed by atoms with Gasteiger partial charge in [-0.05, 0) is 24.1 Å². The smallest absolute Gasteiger partial charge is 0.212 e. The maximum Gasteiger partial charge on any atom is 0.212 e. The van der Waals surface area contributed by atoms with Gasteiger partial charge in [0, 0.05) is 17.7 Å². The predicted molar refractivity (Wildman–Crippen MR) is 77.8 cm³/mol. The summed E-state index contributed by atoms with van der Waals surface area (Å²) in [6, 6.07) is 4.33. The van der Waals surface area contributed by atoms with Crippen molar-refractivity contribution in [2.75, 3.05) is 12.3 Å². The largest absolute Gasteiger partial charge is 0.320 e. The first kappa shape index (κ1) is 16.6. The van der Waals surface area contributed by atoms with Crippen molar-refractivity contribution in [1.29, 1.82) is 0 Å². The third-order valence-corrected chi connectivity index (χ3v) is 4.11. The molecule has 1 rings (SSSR count). The molecule has 6 heteroatoms. The van der Waals surface area contributed by atoms with Crippen molar-refractivity contribution < 1.29 is 12.8 Å². The van der Waals surface area contributed by atoms with E-state index in [4.69, 9.17) is 5.73 Å². The van der Waals surface area contributed by atoms with Crippen LogP contribution in [0.25, 0.3) is 0 Å². The number of rotatable bonds is 5. The molecule has 0 heterocycles. The fourth-order valence-electron chi connectivity index (χ4n) is 1.63. The number of nitrogens with one attached hydrogen (secondary N) is 1. The zero-order chi connectivity index (χ0) is 15.2. The van der Waals surface area contributed by atoms with Crippen molar-refractivity contribution in [2.24, 2.45) is 11.7 Å². The Kier molecular flexibility index (Phi) is 6.14. The minimum absolute atomic E-state index is 0.0131. The van der Waals surface area contributed by atoms with Gasteiger partial charge in [-0.25, -0.2) is 17.5 Å². The van der Waals surface area contributed by atoms with Crippen LogP contribution in [0.5, 0.6) is 0 Å². The number of nitrogens with two attached hydrogens (primary N) is 1. The Hall–Kier alpha value is -1.42. The van der Waals surface area contributed by atoms with Crippen LogP contribution in [0, 0.1) is 23.6 Å². The van der Waals surface area contributed by atoms with Gasteiger partial charge in [0.1, 0.15) is 5.82 Å². The topological polar surface area (TPSA) is 72.2 Å². The fraction of sp³-hybridized carbons (Fsp3) is 0.429. The highest BCUT2D eigenvalue weighted by molar-refractivity contribution is 7.89. The van der Waals surface area contributed by atoms with Crippen molar-refractivity contribution in [1.82, 2.24) is 4.72 Å². The normalized spacial score (nSPS) is 11.2. The molecular formula is C14H19FN2O2S. The van der Waals surface area contributed by atoms with Gasteiger partial charge in [-0.1, -0.05) is 25.7 Å². The van der Waals surface area contributed by atoms with Gasteiger partial charge in [0.05, 0.1) is 12.3 Å². The monoisotopic (exact) mass is 298 g/mol. The zero-order valence-corrected chi connectivity index (χ0v) is 12.4. The van der Waals surface area contributed by atoms with E-state index in [1.54, 1.807) is 0 Å². The molecule has 0 saturated carbocycles. The van der Waals surface area contributed by atoms with Crippen molar-refractivity contribution in [3.8, 4) is 11.8 Å². The van der Waals surface area contributed by atoms with Gasteiger partial charge in [-0.2, -0.15) is 0 Å². The fourth-order valence-corrected chi connectivity index (χ4v) is 3.00. The summed E-state index contributed by atoms with van der Waals surface area (Å²) in [5, 5.41) is 0. The lowest BCUT2D eigenvalue weighted by atomic mass is 10.1. The molecule has 0 aliphatic rings. The molecule has 0 fully saturated rings. The molecule has 0 aliphatic carbocycles. The molecule has 0 bridgehead atoms. The van der Waals surface area contributed by atoms with Crippen LogP contribution in [-0.2, 0) is 16.6 Å². The van der Waals surface area contributed by atoms with Crippen LogP contribution in [0.3, 0.4) is 0 Å². The second-order valence-corrected chi connectivity index (χ2v) is 6.66. The lowest BCUT2D eigenvalue weighted by Gasteiger charge is -2.09. The highest BCUT2D eigenvalue weighted by atomic mass is 32.2. The summed E-state index contributed by atoms with van der Waals surface area (Å²) in [4.78, 5) is 0. The molecule has 0 atom stereocenters. The number of halogens is 1. The Morgan fingerprint density at radius 2 is 2.10 bits per heavy atom. The third kappa shape index (κ3) is 5.70. The Morgan fingerprint density at radius 1 is 1.40 bits per heavy atom. The average molecular weight is 298 g/mol. The minimum Gasteiger partial charge on any atom is -0.320 e. The quantitative estimate of drug-likeness (QED) is 0.803. The molecule has 0 amide bonds. The Labute approximate surface area is 119 Å². The molecule has 0 saturated heterocycles. The van der Waals surface area contributed by atoms with Crippen LogP contribution in [-0.4, -0.2) is 20.7 Å². The first-order valence-corrected chi connectivity index (χ1v) is 7.94. The van der Waals surface area contributed by atoms with Crippen LogP contribution in [0.4, 0.5) is 4.39 Å². The molecule has 0 spiro atoms. The second kappa shape index (κ2) is 7.39. The van der Waals surface area contributed by atoms with E-state index in [9.17, 15) is 12.8 Å². The number of sulfonamides is 1. The van der Waals surface area contributed by atoms with Crippen LogP contribution in [0.2, 0.25) is 0 Å². The lowest BCUT2D eigenvalue weighted by Crippen LogP contribution is -2.28. The molecule has 0 aliphatic heterocycles. The molecule has 1 aromatic carbocycles. The highest BCUT2D eigenvalue weighted by Gasteiger charge is 2.13. The van der Waals surface area contributed by atoms with Crippen molar-refractivity contribution in [3.63, 3.8) is 0 Å². The van der Waals surface area contributed by atoms with Gasteiger partial charge >= 0.3 is 0 Å². The van der Waals surface area contributed by atoms with E-state index in [0.717, 1.165) is 0 Å². The van der Waals surface area contributed by atoms with E-state index in [-0.39, 0.29) is 30.3 Å². The van der Waals surface area contributed by atoms with E-state index >= 15 is 0 Å². The Morgan fingerprint density at radius 3 is 2.70 bits per heavy atom. The first-order chi connectivity index (χ1) is 9.34. The number of benzene rings is 1. The van der Waals surface area contributed by atoms with Crippen LogP contribution >= 0.6 is 0 Å². The standard InChI is InChI=1S/C14H19FN2O2S/c1-11(2)10-20(18,19)17-9-13-8-12(4-3-7-16)5-6-14(13)15/h5-6,8,11,17H,7,9-10,16H2,1-2H3. The molecule has 20 heavy (non-hydrogen) atoms. The van der Waals surface area contributed by atoms with E-state index in [1.807, 2.05) is 13.8 Å². The first-order valence-electron chi connectivity index (χ1n) is 6.29. The minimum atomic E-state index is -3.40. The molecular weight excluding hydrogens is 279 g/mol. The van der Waals surface area contributed by atoms with Gasteiger partial charge in [0.25, 0.3) is 0 Å². The highest BCUT2D eigenvalue weighted by Crippen LogP contribution is 2.10. The SMILES string of the molecule is CC(C)CS(=O)(=O)NCc1cc(C#CCN)ccc1F. The van der Waals surface area contributed by atoms with E-state index in [1.165, 1.54) is 18.2 Å². The van der Waals surface area contributed by atoms with Gasteiger partial charge < -0.3 is 5.73 Å². The molecule has 4 nitrogen and oxygen atoms in total. The summed E-state index contributed by atoms with van der Waals surface area (Å²) in [5.41, 5.74) is 6.14. The molecule has 0 aromatic heterocycles. The third-order valence-electron chi connectivity index (χ3n) is 2.42. The predicted octanol–water partition coefficient (Wildman–Crippen LogP) is 1.21. The maximum atomic E-state index is 13.6. The van der Waals surface area contributed by atoms with Crippen molar-refractivity contribution in [2.45, 2.75) is 20.4 Å². The molecule has 3 N–H and O–H groups in total. The summed E-state index contributed by atoms with van der Waals surface area (Å²) in [6.07, 6.45) is 0. The Balaban J connectivity index is 2.82. The van der Waals surface area contributed by atoms with E-state index < -0.39 is 15.8 Å². The zero-order valence-electron chi connectivity index (χ0n) is 11.6. The van der Waals surface area contributed by atoms with E-state index in [0.29, 0.717) is 5.56 Å². The number of hydrogen-bond acceptors (Lipinski definition) is 3. The summed E-state index contributed by atoms with van der Waals surface area (Å²) in [6.45, 7) is 3.75. The number of hydrogen-bond donors (Lipinski definition) is 2. The van der Waals surface area contributed by atoms with Crippen molar-refractivity contribution in [3.05, 3.63) is 35.1 Å². The maximum absolute atomic E-state index is 13.6. The lowest BCUT2D eigenvalue weighted by molar-refractivity contribution is 0.563. The van der Waals surface area contributed by atoms with Gasteiger partial charge in [-0.15, -0.1) is 0 Å². The van der Waals surface area contributed by atoms with Gasteiger partial charge in [0.2, 0.25) is 10.0 Å². The van der Waals surface area contributed by atoms with E-state index in [2.05, 4.69) is 16.6 Å². The van der Waals surface area contributed by atoms with Crippen molar-refractivity contribution >= 4 is 10.0 Å². The summed E-state index contributed by atoms with van der Waals surface area (Å²) < 4.78 is 39.4. The second-order valence-electron chi connectivity index (χ2n) is 4.81. The summed E-state index contributed by atoms with van der Waals surface area (Å²) in [7, 11) is -3.40. The van der Waals surface area contributed by atoms with Crippen LogP contribution in [0.1, 0.15) is 25.0 Å². The Bertz CT molecular complexity index is 616. The molecule has 0 unspecified atom stereocenters. The van der Waals surface area contributed by atoms with Crippen LogP contribution < -0.4 is 10.5 Å². The average Bonchev–Trinajstić information content (AvgIpc) is 2.34. The van der Waals surface area contributed by atoms with Gasteiger partial charge in [0.15, 0.2) is 0 Å². The molecule has 0 radical (unpaired) electrons. The van der Waals surface area contributed by atoms with Crippen LogP contribution in [0.15, 0.2) is 18.2 Å². The molecule has 110 valence electrons. The summed E-state index contributed by atoms with van der Waals surface area (Å²) >= 11 is 0.